The highest BCUT2D eigenvalue weighted by atomic mass is 79.9. The summed E-state index contributed by atoms with van der Waals surface area (Å²) in [6, 6.07) is 5.82. The molecule has 1 aliphatic rings. The van der Waals surface area contributed by atoms with Gasteiger partial charge in [-0.05, 0) is 44.0 Å². The van der Waals surface area contributed by atoms with E-state index in [4.69, 9.17) is 5.11 Å². The largest absolute Gasteiger partial charge is 0.480 e. The summed E-state index contributed by atoms with van der Waals surface area (Å²) in [7, 11) is 0. The number of halogens is 1. The minimum atomic E-state index is -0.814. The van der Waals surface area contributed by atoms with Crippen molar-refractivity contribution in [3.8, 4) is 0 Å². The molecule has 23 heavy (non-hydrogen) atoms. The van der Waals surface area contributed by atoms with Crippen molar-refractivity contribution >= 4 is 33.6 Å². The highest BCUT2D eigenvalue weighted by Gasteiger charge is 2.34. The van der Waals surface area contributed by atoms with Gasteiger partial charge in [0, 0.05) is 22.2 Å². The Kier molecular flexibility index (Phi) is 6.01. The van der Waals surface area contributed by atoms with Gasteiger partial charge in [0.25, 0.3) is 0 Å². The van der Waals surface area contributed by atoms with E-state index in [0.29, 0.717) is 6.54 Å². The van der Waals surface area contributed by atoms with E-state index in [-0.39, 0.29) is 24.7 Å². The summed E-state index contributed by atoms with van der Waals surface area (Å²) in [5.41, 5.74) is 1.77. The predicted molar refractivity (Wildman–Crippen MR) is 92.7 cm³/mol. The molecule has 2 rings (SSSR count). The number of aliphatic carboxylic acids is 1. The van der Waals surface area contributed by atoms with Gasteiger partial charge in [0.1, 0.15) is 0 Å². The maximum atomic E-state index is 12.1. The third-order valence-electron chi connectivity index (χ3n) is 4.16. The third-order valence-corrected chi connectivity index (χ3v) is 4.65. The Bertz CT molecular complexity index is 588. The first-order valence-corrected chi connectivity index (χ1v) is 8.47. The number of nitrogens with zero attached hydrogens (tertiary/aromatic N) is 1. The topological polar surface area (TPSA) is 81.7 Å². The molecule has 7 heteroatoms. The van der Waals surface area contributed by atoms with Crippen LogP contribution in [0.5, 0.6) is 0 Å². The number of benzene rings is 1. The maximum absolute atomic E-state index is 12.1. The average Bonchev–Trinajstić information content (AvgIpc) is 2.44. The maximum Gasteiger partial charge on any atom is 0.319 e. The van der Waals surface area contributed by atoms with Gasteiger partial charge in [0.15, 0.2) is 0 Å². The van der Waals surface area contributed by atoms with Crippen LogP contribution in [0.15, 0.2) is 22.7 Å². The Morgan fingerprint density at radius 1 is 1.39 bits per heavy atom. The zero-order chi connectivity index (χ0) is 17.0. The molecule has 1 aromatic rings. The molecule has 0 bridgehead atoms. The average molecular weight is 384 g/mol. The molecule has 0 heterocycles. The molecule has 0 spiro atoms. The lowest BCUT2D eigenvalue weighted by molar-refractivity contribution is -0.139. The second-order valence-electron chi connectivity index (χ2n) is 5.84. The first kappa shape index (κ1) is 17.7. The summed E-state index contributed by atoms with van der Waals surface area (Å²) in [6.07, 6.45) is 1.57. The molecular formula is C16H22BrN3O3. The van der Waals surface area contributed by atoms with E-state index in [1.165, 1.54) is 0 Å². The number of carbonyl (C=O) groups excluding carboxylic acids is 1. The Balaban J connectivity index is 1.80. The smallest absolute Gasteiger partial charge is 0.319 e. The van der Waals surface area contributed by atoms with Crippen LogP contribution in [0.25, 0.3) is 0 Å². The highest BCUT2D eigenvalue weighted by molar-refractivity contribution is 9.10. The molecule has 3 N–H and O–H groups in total. The number of hydrogen-bond donors (Lipinski definition) is 3. The van der Waals surface area contributed by atoms with Crippen molar-refractivity contribution in [2.45, 2.75) is 38.8 Å². The van der Waals surface area contributed by atoms with Crippen LogP contribution < -0.4 is 10.6 Å². The Morgan fingerprint density at radius 3 is 2.70 bits per heavy atom. The molecule has 0 aliphatic heterocycles. The summed E-state index contributed by atoms with van der Waals surface area (Å²) in [6.45, 7) is 4.64. The second-order valence-corrected chi connectivity index (χ2v) is 6.75. The number of carbonyl (C=O) groups is 2. The molecule has 0 saturated heterocycles. The van der Waals surface area contributed by atoms with Crippen LogP contribution in [0.2, 0.25) is 0 Å². The molecule has 0 atom stereocenters. The van der Waals surface area contributed by atoms with Gasteiger partial charge in [-0.2, -0.15) is 0 Å². The molecule has 1 saturated carbocycles. The van der Waals surface area contributed by atoms with Gasteiger partial charge in [-0.1, -0.05) is 28.9 Å². The lowest BCUT2D eigenvalue weighted by atomic mass is 9.85. The van der Waals surface area contributed by atoms with Crippen molar-refractivity contribution in [1.82, 2.24) is 10.2 Å². The van der Waals surface area contributed by atoms with Crippen molar-refractivity contribution in [3.05, 3.63) is 28.2 Å². The minimum absolute atomic E-state index is 0.0529. The number of carboxylic acid groups (broad SMARTS) is 1. The number of carboxylic acids is 1. The van der Waals surface area contributed by atoms with E-state index in [1.807, 2.05) is 36.9 Å². The lowest BCUT2D eigenvalue weighted by Crippen LogP contribution is -2.55. The number of hydrogen-bond acceptors (Lipinski definition) is 3. The van der Waals surface area contributed by atoms with Gasteiger partial charge in [0.2, 0.25) is 0 Å². The van der Waals surface area contributed by atoms with Gasteiger partial charge in [-0.25, -0.2) is 4.79 Å². The van der Waals surface area contributed by atoms with E-state index < -0.39 is 5.97 Å². The summed E-state index contributed by atoms with van der Waals surface area (Å²) >= 11 is 3.39. The van der Waals surface area contributed by atoms with Gasteiger partial charge in [-0.15, -0.1) is 0 Å². The van der Waals surface area contributed by atoms with E-state index in [1.54, 1.807) is 0 Å². The highest BCUT2D eigenvalue weighted by Crippen LogP contribution is 2.26. The van der Waals surface area contributed by atoms with E-state index >= 15 is 0 Å². The molecule has 0 radical (unpaired) electrons. The second kappa shape index (κ2) is 7.79. The van der Waals surface area contributed by atoms with Gasteiger partial charge in [0.05, 0.1) is 6.54 Å². The number of anilines is 1. The van der Waals surface area contributed by atoms with E-state index in [0.717, 1.165) is 28.6 Å². The van der Waals surface area contributed by atoms with E-state index in [9.17, 15) is 9.59 Å². The molecule has 126 valence electrons. The number of likely N-dealkylation sites (N-methyl/N-ethyl adjacent to an activating group) is 1. The summed E-state index contributed by atoms with van der Waals surface area (Å²) < 4.78 is 0.911. The van der Waals surface area contributed by atoms with Gasteiger partial charge < -0.3 is 15.7 Å². The quantitative estimate of drug-likeness (QED) is 0.705. The molecule has 1 aromatic carbocycles. The van der Waals surface area contributed by atoms with Crippen molar-refractivity contribution in [1.29, 1.82) is 0 Å². The predicted octanol–water partition coefficient (Wildman–Crippen LogP) is 2.82. The van der Waals surface area contributed by atoms with Crippen molar-refractivity contribution in [2.75, 3.05) is 18.4 Å². The zero-order valence-electron chi connectivity index (χ0n) is 13.3. The first-order chi connectivity index (χ1) is 10.9. The molecule has 6 nitrogen and oxygen atoms in total. The van der Waals surface area contributed by atoms with Crippen LogP contribution in [0.4, 0.5) is 10.5 Å². The summed E-state index contributed by atoms with van der Waals surface area (Å²) in [4.78, 5) is 24.8. The molecule has 1 aliphatic carbocycles. The fraction of sp³-hybridized carbons (Fsp3) is 0.500. The number of rotatable bonds is 6. The molecule has 0 unspecified atom stereocenters. The molecular weight excluding hydrogens is 362 g/mol. The summed E-state index contributed by atoms with van der Waals surface area (Å²) in [5.74, 6) is -0.814. The fourth-order valence-corrected chi connectivity index (χ4v) is 3.11. The van der Waals surface area contributed by atoms with Crippen molar-refractivity contribution < 1.29 is 14.7 Å². The minimum Gasteiger partial charge on any atom is -0.480 e. The van der Waals surface area contributed by atoms with Crippen molar-refractivity contribution in [3.63, 3.8) is 0 Å². The van der Waals surface area contributed by atoms with Crippen LogP contribution in [0.1, 0.15) is 25.3 Å². The molecule has 0 aromatic heterocycles. The van der Waals surface area contributed by atoms with Crippen LogP contribution in [0, 0.1) is 6.92 Å². The van der Waals surface area contributed by atoms with Gasteiger partial charge in [-0.3, -0.25) is 9.69 Å². The fourth-order valence-electron chi connectivity index (χ4n) is 2.75. The first-order valence-electron chi connectivity index (χ1n) is 7.68. The molecule has 2 amide bonds. The standard InChI is InChI=1S/C16H22BrN3O3/c1-3-20(9-15(21)22)13-7-12(8-13)18-16(23)19-14-6-11(17)5-4-10(14)2/h4-6,12-13H,3,7-9H2,1-2H3,(H,21,22)(H2,18,19,23). The number of aryl methyl sites for hydroxylation is 1. The lowest BCUT2D eigenvalue weighted by Gasteiger charge is -2.42. The monoisotopic (exact) mass is 383 g/mol. The van der Waals surface area contributed by atoms with Crippen LogP contribution >= 0.6 is 15.9 Å². The molecule has 1 fully saturated rings. The van der Waals surface area contributed by atoms with Crippen LogP contribution in [-0.4, -0.2) is 47.2 Å². The zero-order valence-corrected chi connectivity index (χ0v) is 14.9. The van der Waals surface area contributed by atoms with Crippen LogP contribution in [-0.2, 0) is 4.79 Å². The number of nitrogens with one attached hydrogen (secondary N) is 2. The Hall–Kier alpha value is -1.60. The third kappa shape index (κ3) is 4.94. The van der Waals surface area contributed by atoms with Gasteiger partial charge >= 0.3 is 12.0 Å². The SMILES string of the molecule is CCN(CC(=O)O)C1CC(NC(=O)Nc2cc(Br)ccc2C)C1. The number of urea groups is 1. The van der Waals surface area contributed by atoms with E-state index in [2.05, 4.69) is 26.6 Å². The Labute approximate surface area is 144 Å². The summed E-state index contributed by atoms with van der Waals surface area (Å²) in [5, 5.41) is 14.7. The van der Waals surface area contributed by atoms with Crippen molar-refractivity contribution in [2.24, 2.45) is 0 Å². The normalized spacial score (nSPS) is 20.0. The Morgan fingerprint density at radius 2 is 2.09 bits per heavy atom. The number of amides is 2. The van der Waals surface area contributed by atoms with Crippen LogP contribution in [0.3, 0.4) is 0 Å².